The molecule has 0 aliphatic heterocycles. The molecule has 0 bridgehead atoms. The fourth-order valence-electron chi connectivity index (χ4n) is 2.29. The summed E-state index contributed by atoms with van der Waals surface area (Å²) in [6.45, 7) is 4.19. The summed E-state index contributed by atoms with van der Waals surface area (Å²) in [5, 5.41) is 6.27. The minimum absolute atomic E-state index is 0.00276. The van der Waals surface area contributed by atoms with Gasteiger partial charge in [-0.1, -0.05) is 19.0 Å². The van der Waals surface area contributed by atoms with E-state index >= 15 is 0 Å². The fraction of sp³-hybridized carbons (Fsp3) is 0.500. The smallest absolute Gasteiger partial charge is 0.416 e. The first-order valence-corrected chi connectivity index (χ1v) is 8.78. The average Bonchev–Trinajstić information content (AvgIpc) is 3.06. The number of aromatic nitrogens is 2. The van der Waals surface area contributed by atoms with E-state index < -0.39 is 17.6 Å². The number of hydrogen-bond donors (Lipinski definition) is 1. The van der Waals surface area contributed by atoms with Crippen molar-refractivity contribution < 1.29 is 27.2 Å². The van der Waals surface area contributed by atoms with Crippen molar-refractivity contribution >= 4 is 11.6 Å². The van der Waals surface area contributed by atoms with E-state index in [-0.39, 0.29) is 24.3 Å². The van der Waals surface area contributed by atoms with Crippen molar-refractivity contribution in [2.45, 2.75) is 52.1 Å². The Balaban J connectivity index is 2.04. The maximum absolute atomic E-state index is 12.9. The van der Waals surface area contributed by atoms with Crippen LogP contribution in [0.1, 0.15) is 50.4 Å². The van der Waals surface area contributed by atoms with Gasteiger partial charge in [-0.25, -0.2) is 0 Å². The summed E-state index contributed by atoms with van der Waals surface area (Å²) in [5.41, 5.74) is -0.872. The Morgan fingerprint density at radius 2 is 2.00 bits per heavy atom. The van der Waals surface area contributed by atoms with Gasteiger partial charge in [-0.15, -0.1) is 0 Å². The molecule has 0 saturated carbocycles. The molecule has 0 spiro atoms. The Labute approximate surface area is 155 Å². The minimum Gasteiger partial charge on any atom is -0.491 e. The number of rotatable bonds is 9. The van der Waals surface area contributed by atoms with E-state index in [1.807, 2.05) is 13.8 Å². The number of alkyl halides is 3. The van der Waals surface area contributed by atoms with E-state index in [2.05, 4.69) is 15.5 Å². The first-order valence-electron chi connectivity index (χ1n) is 8.78. The van der Waals surface area contributed by atoms with Gasteiger partial charge in [-0.3, -0.25) is 4.79 Å². The highest BCUT2D eigenvalue weighted by molar-refractivity contribution is 5.92. The summed E-state index contributed by atoms with van der Waals surface area (Å²) in [4.78, 5) is 16.3. The van der Waals surface area contributed by atoms with Crippen LogP contribution in [0.25, 0.3) is 0 Å². The molecule has 1 heterocycles. The van der Waals surface area contributed by atoms with Crippen molar-refractivity contribution in [2.75, 3.05) is 11.9 Å². The van der Waals surface area contributed by atoms with E-state index in [4.69, 9.17) is 9.26 Å². The van der Waals surface area contributed by atoms with Crippen molar-refractivity contribution in [3.63, 3.8) is 0 Å². The molecule has 27 heavy (non-hydrogen) atoms. The molecule has 0 fully saturated rings. The highest BCUT2D eigenvalue weighted by atomic mass is 19.4. The first kappa shape index (κ1) is 20.7. The molecule has 0 aliphatic rings. The molecule has 1 N–H and O–H groups in total. The molecule has 9 heteroatoms. The van der Waals surface area contributed by atoms with E-state index in [1.165, 1.54) is 6.07 Å². The van der Waals surface area contributed by atoms with Gasteiger partial charge in [0.25, 0.3) is 0 Å². The highest BCUT2D eigenvalue weighted by Gasteiger charge is 2.31. The number of hydrogen-bond acceptors (Lipinski definition) is 5. The summed E-state index contributed by atoms with van der Waals surface area (Å²) in [6, 6.07) is 3.01. The minimum atomic E-state index is -4.51. The van der Waals surface area contributed by atoms with Crippen molar-refractivity contribution in [1.82, 2.24) is 10.1 Å². The normalized spacial score (nSPS) is 11.4. The average molecular weight is 385 g/mol. The summed E-state index contributed by atoms with van der Waals surface area (Å²) in [7, 11) is 0. The molecule has 1 amide bonds. The lowest BCUT2D eigenvalue weighted by atomic mass is 10.1. The monoisotopic (exact) mass is 385 g/mol. The number of halogens is 3. The molecule has 0 radical (unpaired) electrons. The summed E-state index contributed by atoms with van der Waals surface area (Å²) >= 11 is 0. The number of ether oxygens (including phenoxy) is 1. The summed E-state index contributed by atoms with van der Waals surface area (Å²) < 4.78 is 49.3. The highest BCUT2D eigenvalue weighted by Crippen LogP contribution is 2.35. The summed E-state index contributed by atoms with van der Waals surface area (Å²) in [6.07, 6.45) is -2.08. The summed E-state index contributed by atoms with van der Waals surface area (Å²) in [5.74, 6) is 0.619. The standard InChI is InChI=1S/C18H22F3N3O3/c1-3-5-15-23-17(27-24-15)9-8-16(25)22-13-11-12(18(19,20)21)6-7-14(13)26-10-4-2/h6-7,11H,3-5,8-10H2,1-2H3,(H,22,25). The fourth-order valence-corrected chi connectivity index (χ4v) is 2.29. The van der Waals surface area contributed by atoms with Gasteiger partial charge in [-0.05, 0) is 31.0 Å². The van der Waals surface area contributed by atoms with Crippen LogP contribution in [0, 0.1) is 0 Å². The van der Waals surface area contributed by atoms with Gasteiger partial charge in [-0.2, -0.15) is 18.2 Å². The topological polar surface area (TPSA) is 77.2 Å². The zero-order valence-corrected chi connectivity index (χ0v) is 15.2. The van der Waals surface area contributed by atoms with Gasteiger partial charge in [0.05, 0.1) is 17.9 Å². The zero-order valence-electron chi connectivity index (χ0n) is 15.2. The molecule has 2 rings (SSSR count). The van der Waals surface area contributed by atoms with Gasteiger partial charge in [0.15, 0.2) is 5.82 Å². The van der Waals surface area contributed by atoms with Gasteiger partial charge in [0, 0.05) is 19.3 Å². The maximum Gasteiger partial charge on any atom is 0.416 e. The molecule has 1 aromatic carbocycles. The second-order valence-electron chi connectivity index (χ2n) is 5.96. The van der Waals surface area contributed by atoms with Gasteiger partial charge in [0.2, 0.25) is 11.8 Å². The van der Waals surface area contributed by atoms with Crippen molar-refractivity contribution in [3.05, 3.63) is 35.5 Å². The van der Waals surface area contributed by atoms with Crippen LogP contribution in [0.15, 0.2) is 22.7 Å². The molecule has 0 atom stereocenters. The number of nitrogens with one attached hydrogen (secondary N) is 1. The number of nitrogens with zero attached hydrogens (tertiary/aromatic N) is 2. The number of amides is 1. The Morgan fingerprint density at radius 1 is 1.22 bits per heavy atom. The van der Waals surface area contributed by atoms with Crippen LogP contribution < -0.4 is 10.1 Å². The zero-order chi connectivity index (χ0) is 19.9. The van der Waals surface area contributed by atoms with Crippen LogP contribution in [0.3, 0.4) is 0 Å². The Kier molecular flexibility index (Phi) is 7.20. The third-order valence-corrected chi connectivity index (χ3v) is 3.59. The molecular formula is C18H22F3N3O3. The number of carbonyl (C=O) groups excluding carboxylic acids is 1. The third-order valence-electron chi connectivity index (χ3n) is 3.59. The van der Waals surface area contributed by atoms with Crippen LogP contribution in [0.2, 0.25) is 0 Å². The van der Waals surface area contributed by atoms with Crippen LogP contribution in [0.4, 0.5) is 18.9 Å². The van der Waals surface area contributed by atoms with E-state index in [9.17, 15) is 18.0 Å². The van der Waals surface area contributed by atoms with Crippen molar-refractivity contribution in [1.29, 1.82) is 0 Å². The van der Waals surface area contributed by atoms with E-state index in [1.54, 1.807) is 0 Å². The second-order valence-corrected chi connectivity index (χ2v) is 5.96. The molecule has 0 aliphatic carbocycles. The lowest BCUT2D eigenvalue weighted by Gasteiger charge is -2.15. The predicted molar refractivity (Wildman–Crippen MR) is 92.5 cm³/mol. The Bertz CT molecular complexity index is 760. The van der Waals surface area contributed by atoms with Crippen LogP contribution in [0.5, 0.6) is 5.75 Å². The van der Waals surface area contributed by atoms with Crippen molar-refractivity contribution in [2.24, 2.45) is 0 Å². The molecule has 148 valence electrons. The van der Waals surface area contributed by atoms with E-state index in [0.717, 1.165) is 18.6 Å². The van der Waals surface area contributed by atoms with Gasteiger partial charge >= 0.3 is 6.18 Å². The molecular weight excluding hydrogens is 363 g/mol. The molecule has 0 saturated heterocycles. The molecule has 1 aromatic heterocycles. The third kappa shape index (κ3) is 6.26. The lowest BCUT2D eigenvalue weighted by molar-refractivity contribution is -0.137. The maximum atomic E-state index is 12.9. The number of carbonyl (C=O) groups is 1. The SMILES string of the molecule is CCCOc1ccc(C(F)(F)F)cc1NC(=O)CCc1nc(CCC)no1. The van der Waals surface area contributed by atoms with Gasteiger partial charge < -0.3 is 14.6 Å². The second kappa shape index (κ2) is 9.38. The van der Waals surface area contributed by atoms with Crippen LogP contribution in [-0.2, 0) is 23.8 Å². The van der Waals surface area contributed by atoms with Gasteiger partial charge in [0.1, 0.15) is 5.75 Å². The molecule has 6 nitrogen and oxygen atoms in total. The largest absolute Gasteiger partial charge is 0.491 e. The molecule has 2 aromatic rings. The van der Waals surface area contributed by atoms with Crippen LogP contribution in [-0.4, -0.2) is 22.7 Å². The van der Waals surface area contributed by atoms with Crippen molar-refractivity contribution in [3.8, 4) is 5.75 Å². The Morgan fingerprint density at radius 3 is 2.67 bits per heavy atom. The van der Waals surface area contributed by atoms with Crippen LogP contribution >= 0.6 is 0 Å². The predicted octanol–water partition coefficient (Wildman–Crippen LogP) is 4.40. The number of benzene rings is 1. The quantitative estimate of drug-likeness (QED) is 0.692. The number of anilines is 1. The van der Waals surface area contributed by atoms with E-state index in [0.29, 0.717) is 31.2 Å². The Hall–Kier alpha value is -2.58. The lowest BCUT2D eigenvalue weighted by Crippen LogP contribution is -2.15. The first-order chi connectivity index (χ1) is 12.8. The number of aryl methyl sites for hydroxylation is 2. The molecule has 0 unspecified atom stereocenters.